The minimum absolute atomic E-state index is 0.175. The smallest absolute Gasteiger partial charge is 0.306 e. The minimum atomic E-state index is -0.795. The van der Waals surface area contributed by atoms with Crippen LogP contribution in [0.1, 0.15) is 24.5 Å². The van der Waals surface area contributed by atoms with Crippen LogP contribution in [0.5, 0.6) is 11.5 Å². The lowest BCUT2D eigenvalue weighted by Crippen LogP contribution is -2.22. The van der Waals surface area contributed by atoms with Crippen molar-refractivity contribution in [3.63, 3.8) is 0 Å². The molecule has 0 bridgehead atoms. The van der Waals surface area contributed by atoms with E-state index in [4.69, 9.17) is 9.84 Å². The summed E-state index contributed by atoms with van der Waals surface area (Å²) in [7, 11) is 0. The van der Waals surface area contributed by atoms with Crippen LogP contribution in [0.25, 0.3) is 0 Å². The zero-order chi connectivity index (χ0) is 12.4. The first-order valence-electron chi connectivity index (χ1n) is 5.82. The van der Waals surface area contributed by atoms with Gasteiger partial charge in [0, 0.05) is 11.1 Å². The van der Waals surface area contributed by atoms with E-state index in [1.807, 2.05) is 6.92 Å². The van der Waals surface area contributed by atoms with Crippen molar-refractivity contribution in [3.05, 3.63) is 23.3 Å². The van der Waals surface area contributed by atoms with Crippen molar-refractivity contribution in [2.24, 2.45) is 5.92 Å². The van der Waals surface area contributed by atoms with Crippen molar-refractivity contribution in [3.8, 4) is 11.5 Å². The Hall–Kier alpha value is -1.71. The summed E-state index contributed by atoms with van der Waals surface area (Å²) >= 11 is 0. The van der Waals surface area contributed by atoms with Crippen LogP contribution in [-0.4, -0.2) is 22.8 Å². The molecule has 1 aromatic carbocycles. The number of fused-ring (bicyclic) bond motifs is 1. The van der Waals surface area contributed by atoms with E-state index in [2.05, 4.69) is 0 Å². The van der Waals surface area contributed by atoms with Gasteiger partial charge in [-0.25, -0.2) is 0 Å². The number of hydrogen-bond acceptors (Lipinski definition) is 3. The van der Waals surface area contributed by atoms with Gasteiger partial charge in [0.05, 0.1) is 12.5 Å². The van der Waals surface area contributed by atoms with Crippen LogP contribution in [0.2, 0.25) is 0 Å². The third-order valence-electron chi connectivity index (χ3n) is 3.21. The summed E-state index contributed by atoms with van der Waals surface area (Å²) in [4.78, 5) is 11.0. The van der Waals surface area contributed by atoms with Gasteiger partial charge in [0.25, 0.3) is 0 Å². The Morgan fingerprint density at radius 2 is 2.24 bits per heavy atom. The van der Waals surface area contributed by atoms with Gasteiger partial charge in [-0.3, -0.25) is 4.79 Å². The normalized spacial score (nSPS) is 18.5. The molecule has 0 amide bonds. The Morgan fingerprint density at radius 3 is 2.88 bits per heavy atom. The molecule has 0 saturated heterocycles. The van der Waals surface area contributed by atoms with Gasteiger partial charge in [-0.1, -0.05) is 0 Å². The third-order valence-corrected chi connectivity index (χ3v) is 3.21. The first kappa shape index (κ1) is 11.8. The maximum atomic E-state index is 11.0. The van der Waals surface area contributed by atoms with E-state index in [-0.39, 0.29) is 5.75 Å². The molecule has 0 aromatic heterocycles. The minimum Gasteiger partial charge on any atom is -0.508 e. The molecule has 1 unspecified atom stereocenters. The highest BCUT2D eigenvalue weighted by atomic mass is 16.5. The molecular weight excluding hydrogens is 220 g/mol. The van der Waals surface area contributed by atoms with E-state index >= 15 is 0 Å². The van der Waals surface area contributed by atoms with Crippen LogP contribution in [-0.2, 0) is 17.6 Å². The van der Waals surface area contributed by atoms with Crippen LogP contribution in [0, 0.1) is 5.92 Å². The maximum Gasteiger partial charge on any atom is 0.306 e. The van der Waals surface area contributed by atoms with Crippen LogP contribution in [0.15, 0.2) is 12.1 Å². The van der Waals surface area contributed by atoms with E-state index in [0.29, 0.717) is 25.9 Å². The van der Waals surface area contributed by atoms with Gasteiger partial charge in [-0.15, -0.1) is 0 Å². The maximum absolute atomic E-state index is 11.0. The molecule has 1 atom stereocenters. The van der Waals surface area contributed by atoms with E-state index in [9.17, 15) is 9.90 Å². The number of aromatic hydroxyl groups is 1. The van der Waals surface area contributed by atoms with Crippen LogP contribution >= 0.6 is 0 Å². The summed E-state index contributed by atoms with van der Waals surface area (Å²) in [6, 6.07) is 3.33. The number of ether oxygens (including phenoxy) is 1. The van der Waals surface area contributed by atoms with Crippen molar-refractivity contribution in [1.29, 1.82) is 0 Å². The van der Waals surface area contributed by atoms with E-state index in [1.54, 1.807) is 12.1 Å². The summed E-state index contributed by atoms with van der Waals surface area (Å²) in [5.41, 5.74) is 1.69. The molecule has 2 rings (SSSR count). The molecule has 0 aliphatic heterocycles. The topological polar surface area (TPSA) is 66.8 Å². The summed E-state index contributed by atoms with van der Waals surface area (Å²) in [6.07, 6.45) is 1.64. The standard InChI is InChI=1S/C13H16O4/c1-2-17-12-6-5-11(14)10-7-8(13(15)16)3-4-9(10)12/h5-6,8,14H,2-4,7H2,1H3,(H,15,16). The van der Waals surface area contributed by atoms with Crippen molar-refractivity contribution in [1.82, 2.24) is 0 Å². The Balaban J connectivity index is 2.36. The summed E-state index contributed by atoms with van der Waals surface area (Å²) in [5.74, 6) is -0.249. The molecular formula is C13H16O4. The molecule has 0 saturated carbocycles. The fourth-order valence-electron chi connectivity index (χ4n) is 2.33. The number of carboxylic acid groups (broad SMARTS) is 1. The Morgan fingerprint density at radius 1 is 1.47 bits per heavy atom. The fraction of sp³-hybridized carbons (Fsp3) is 0.462. The second-order valence-electron chi connectivity index (χ2n) is 4.25. The van der Waals surface area contributed by atoms with Gasteiger partial charge in [0.15, 0.2) is 0 Å². The molecule has 0 radical (unpaired) electrons. The highest BCUT2D eigenvalue weighted by Crippen LogP contribution is 2.37. The zero-order valence-electron chi connectivity index (χ0n) is 9.77. The number of carbonyl (C=O) groups is 1. The average Bonchev–Trinajstić information content (AvgIpc) is 2.32. The Kier molecular flexibility index (Phi) is 3.22. The number of aliphatic carboxylic acids is 1. The number of benzene rings is 1. The van der Waals surface area contributed by atoms with Crippen molar-refractivity contribution >= 4 is 5.97 Å². The molecule has 92 valence electrons. The third kappa shape index (κ3) is 2.20. The lowest BCUT2D eigenvalue weighted by molar-refractivity contribution is -0.142. The second kappa shape index (κ2) is 4.65. The SMILES string of the molecule is CCOc1ccc(O)c2c1CCC(C(=O)O)C2. The second-order valence-corrected chi connectivity index (χ2v) is 4.25. The highest BCUT2D eigenvalue weighted by Gasteiger charge is 2.28. The molecule has 4 heteroatoms. The molecule has 1 aliphatic rings. The molecule has 0 spiro atoms. The molecule has 17 heavy (non-hydrogen) atoms. The number of carboxylic acids is 1. The number of phenolic OH excluding ortho intramolecular Hbond substituents is 1. The first-order chi connectivity index (χ1) is 8.13. The Labute approximate surface area is 99.8 Å². The number of hydrogen-bond donors (Lipinski definition) is 2. The predicted octanol–water partition coefficient (Wildman–Crippen LogP) is 1.98. The zero-order valence-corrected chi connectivity index (χ0v) is 9.77. The summed E-state index contributed by atoms with van der Waals surface area (Å²) in [6.45, 7) is 2.47. The molecule has 1 aromatic rings. The lowest BCUT2D eigenvalue weighted by Gasteiger charge is -2.24. The average molecular weight is 236 g/mol. The monoisotopic (exact) mass is 236 g/mol. The molecule has 2 N–H and O–H groups in total. The van der Waals surface area contributed by atoms with E-state index < -0.39 is 11.9 Å². The van der Waals surface area contributed by atoms with Crippen LogP contribution in [0.3, 0.4) is 0 Å². The van der Waals surface area contributed by atoms with Crippen LogP contribution in [0.4, 0.5) is 0 Å². The largest absolute Gasteiger partial charge is 0.508 e. The van der Waals surface area contributed by atoms with Crippen molar-refractivity contribution in [2.75, 3.05) is 6.61 Å². The molecule has 0 fully saturated rings. The fourth-order valence-corrected chi connectivity index (χ4v) is 2.33. The number of rotatable bonds is 3. The van der Waals surface area contributed by atoms with Gasteiger partial charge in [-0.2, -0.15) is 0 Å². The van der Waals surface area contributed by atoms with E-state index in [1.165, 1.54) is 0 Å². The van der Waals surface area contributed by atoms with Crippen molar-refractivity contribution < 1.29 is 19.7 Å². The van der Waals surface area contributed by atoms with Gasteiger partial charge in [0.1, 0.15) is 11.5 Å². The first-order valence-corrected chi connectivity index (χ1v) is 5.82. The molecule has 0 heterocycles. The number of phenols is 1. The van der Waals surface area contributed by atoms with Gasteiger partial charge >= 0.3 is 5.97 Å². The highest BCUT2D eigenvalue weighted by molar-refractivity contribution is 5.71. The van der Waals surface area contributed by atoms with E-state index in [0.717, 1.165) is 16.9 Å². The van der Waals surface area contributed by atoms with Gasteiger partial charge in [0.2, 0.25) is 0 Å². The molecule has 4 nitrogen and oxygen atoms in total. The molecule has 1 aliphatic carbocycles. The lowest BCUT2D eigenvalue weighted by atomic mass is 9.83. The van der Waals surface area contributed by atoms with Gasteiger partial charge < -0.3 is 14.9 Å². The van der Waals surface area contributed by atoms with Crippen molar-refractivity contribution in [2.45, 2.75) is 26.2 Å². The quantitative estimate of drug-likeness (QED) is 0.842. The summed E-state index contributed by atoms with van der Waals surface area (Å²) < 4.78 is 5.50. The predicted molar refractivity (Wildman–Crippen MR) is 62.4 cm³/mol. The van der Waals surface area contributed by atoms with Gasteiger partial charge in [-0.05, 0) is 38.3 Å². The Bertz CT molecular complexity index is 439. The van der Waals surface area contributed by atoms with Crippen LogP contribution < -0.4 is 4.74 Å². The summed E-state index contributed by atoms with van der Waals surface area (Å²) in [5, 5.41) is 18.8.